The van der Waals surface area contributed by atoms with Crippen LogP contribution in [0.4, 0.5) is 0 Å². The summed E-state index contributed by atoms with van der Waals surface area (Å²) >= 11 is 9.35. The third-order valence-corrected chi connectivity index (χ3v) is 3.71. The van der Waals surface area contributed by atoms with E-state index < -0.39 is 0 Å². The van der Waals surface area contributed by atoms with E-state index in [-0.39, 0.29) is 5.75 Å². The number of alkyl halides is 1. The first kappa shape index (κ1) is 16.0. The molecular formula is C16H16BrClO3. The van der Waals surface area contributed by atoms with Crippen LogP contribution in [0.5, 0.6) is 17.2 Å². The van der Waals surface area contributed by atoms with Gasteiger partial charge in [-0.05, 0) is 58.2 Å². The van der Waals surface area contributed by atoms with Crippen molar-refractivity contribution in [1.29, 1.82) is 0 Å². The lowest BCUT2D eigenvalue weighted by atomic mass is 10.2. The quantitative estimate of drug-likeness (QED) is 0.736. The lowest BCUT2D eigenvalue weighted by molar-refractivity contribution is 0.267. The molecule has 0 spiro atoms. The van der Waals surface area contributed by atoms with Crippen LogP contribution >= 0.6 is 27.5 Å². The van der Waals surface area contributed by atoms with Crippen LogP contribution in [-0.2, 0) is 12.5 Å². The molecule has 0 saturated heterocycles. The Morgan fingerprint density at radius 1 is 1.14 bits per heavy atom. The molecule has 5 heteroatoms. The van der Waals surface area contributed by atoms with Gasteiger partial charge in [-0.1, -0.05) is 12.1 Å². The summed E-state index contributed by atoms with van der Waals surface area (Å²) < 4.78 is 12.2. The van der Waals surface area contributed by atoms with Gasteiger partial charge in [0, 0.05) is 5.88 Å². The van der Waals surface area contributed by atoms with Gasteiger partial charge in [0.05, 0.1) is 11.1 Å². The maximum Gasteiger partial charge on any atom is 0.175 e. The Kier molecular flexibility index (Phi) is 5.76. The van der Waals surface area contributed by atoms with E-state index in [4.69, 9.17) is 21.1 Å². The minimum Gasteiger partial charge on any atom is -0.508 e. The number of ether oxygens (including phenoxy) is 2. The minimum absolute atomic E-state index is 0.220. The summed E-state index contributed by atoms with van der Waals surface area (Å²) in [6.07, 6.45) is 0. The van der Waals surface area contributed by atoms with Crippen LogP contribution in [0.3, 0.4) is 0 Å². The van der Waals surface area contributed by atoms with Crippen LogP contribution in [0.25, 0.3) is 0 Å². The highest BCUT2D eigenvalue weighted by molar-refractivity contribution is 9.10. The van der Waals surface area contributed by atoms with E-state index in [1.807, 2.05) is 25.1 Å². The molecule has 0 heterocycles. The summed E-state index contributed by atoms with van der Waals surface area (Å²) in [5.74, 6) is 1.92. The number of halogens is 2. The number of benzene rings is 2. The Morgan fingerprint density at radius 2 is 1.95 bits per heavy atom. The van der Waals surface area contributed by atoms with Crippen molar-refractivity contribution in [3.8, 4) is 17.2 Å². The predicted octanol–water partition coefficient (Wildman–Crippen LogP) is 4.87. The van der Waals surface area contributed by atoms with Crippen molar-refractivity contribution < 1.29 is 14.6 Å². The molecule has 0 aliphatic carbocycles. The van der Waals surface area contributed by atoms with E-state index in [1.165, 1.54) is 0 Å². The second-order valence-corrected chi connectivity index (χ2v) is 5.55. The third-order valence-electron chi connectivity index (χ3n) is 2.82. The van der Waals surface area contributed by atoms with Crippen molar-refractivity contribution in [2.24, 2.45) is 0 Å². The molecule has 3 nitrogen and oxygen atoms in total. The zero-order valence-corrected chi connectivity index (χ0v) is 13.9. The molecule has 0 aromatic heterocycles. The van der Waals surface area contributed by atoms with Crippen molar-refractivity contribution in [1.82, 2.24) is 0 Å². The smallest absolute Gasteiger partial charge is 0.175 e. The Balaban J connectivity index is 2.22. The summed E-state index contributed by atoms with van der Waals surface area (Å²) in [7, 11) is 0. The number of phenolic OH excluding ortho intramolecular Hbond substituents is 1. The van der Waals surface area contributed by atoms with Crippen molar-refractivity contribution >= 4 is 27.5 Å². The van der Waals surface area contributed by atoms with Gasteiger partial charge in [-0.15, -0.1) is 11.6 Å². The van der Waals surface area contributed by atoms with Gasteiger partial charge in [-0.2, -0.15) is 0 Å². The molecule has 0 fully saturated rings. The standard InChI is InChI=1S/C16H16BrClO3/c1-2-20-15-8-12(9-18)7-14(17)16(15)21-10-11-4-3-5-13(19)6-11/h3-8,19H,2,9-10H2,1H3. The van der Waals surface area contributed by atoms with Crippen molar-refractivity contribution in [3.05, 3.63) is 52.0 Å². The molecule has 2 rings (SSSR count). The number of hydrogen-bond acceptors (Lipinski definition) is 3. The summed E-state index contributed by atoms with van der Waals surface area (Å²) in [5, 5.41) is 9.47. The molecule has 112 valence electrons. The Hall–Kier alpha value is -1.39. The van der Waals surface area contributed by atoms with Crippen LogP contribution in [0.15, 0.2) is 40.9 Å². The first-order valence-corrected chi connectivity index (χ1v) is 7.88. The highest BCUT2D eigenvalue weighted by atomic mass is 79.9. The largest absolute Gasteiger partial charge is 0.508 e. The molecule has 2 aromatic carbocycles. The second kappa shape index (κ2) is 7.57. The fourth-order valence-corrected chi connectivity index (χ4v) is 2.66. The van der Waals surface area contributed by atoms with Crippen LogP contribution in [-0.4, -0.2) is 11.7 Å². The molecule has 2 aromatic rings. The maximum atomic E-state index is 9.47. The summed E-state index contributed by atoms with van der Waals surface area (Å²) in [6.45, 7) is 2.80. The van der Waals surface area contributed by atoms with Crippen LogP contribution in [0.2, 0.25) is 0 Å². The average molecular weight is 372 g/mol. The molecule has 0 saturated carbocycles. The van der Waals surface area contributed by atoms with Crippen LogP contribution < -0.4 is 9.47 Å². The van der Waals surface area contributed by atoms with Gasteiger partial charge in [0.2, 0.25) is 0 Å². The van der Waals surface area contributed by atoms with E-state index in [0.717, 1.165) is 15.6 Å². The number of rotatable bonds is 6. The first-order chi connectivity index (χ1) is 10.1. The Labute approximate surface area is 137 Å². The second-order valence-electron chi connectivity index (χ2n) is 4.43. The number of aromatic hydroxyl groups is 1. The molecule has 0 aliphatic rings. The SMILES string of the molecule is CCOc1cc(CCl)cc(Br)c1OCc1cccc(O)c1. The molecule has 0 atom stereocenters. The van der Waals surface area contributed by atoms with Gasteiger partial charge in [0.25, 0.3) is 0 Å². The van der Waals surface area contributed by atoms with Gasteiger partial charge in [0.1, 0.15) is 12.4 Å². The molecule has 21 heavy (non-hydrogen) atoms. The first-order valence-electron chi connectivity index (χ1n) is 6.56. The normalized spacial score (nSPS) is 10.4. The third kappa shape index (κ3) is 4.29. The molecule has 0 bridgehead atoms. The van der Waals surface area contributed by atoms with E-state index >= 15 is 0 Å². The number of phenols is 1. The van der Waals surface area contributed by atoms with Gasteiger partial charge in [-0.3, -0.25) is 0 Å². The van der Waals surface area contributed by atoms with E-state index in [1.54, 1.807) is 18.2 Å². The fraction of sp³-hybridized carbons (Fsp3) is 0.250. The van der Waals surface area contributed by atoms with Gasteiger partial charge in [-0.25, -0.2) is 0 Å². The average Bonchev–Trinajstić information content (AvgIpc) is 2.46. The number of hydrogen-bond donors (Lipinski definition) is 1. The predicted molar refractivity (Wildman–Crippen MR) is 87.3 cm³/mol. The molecule has 1 N–H and O–H groups in total. The van der Waals surface area contributed by atoms with Crippen LogP contribution in [0.1, 0.15) is 18.1 Å². The zero-order chi connectivity index (χ0) is 15.2. The maximum absolute atomic E-state index is 9.47. The molecule has 0 amide bonds. The van der Waals surface area contributed by atoms with Gasteiger partial charge in [0.15, 0.2) is 11.5 Å². The highest BCUT2D eigenvalue weighted by Gasteiger charge is 2.12. The molecule has 0 aliphatic heterocycles. The molecule has 0 unspecified atom stereocenters. The lowest BCUT2D eigenvalue weighted by Crippen LogP contribution is -2.01. The van der Waals surface area contributed by atoms with E-state index in [0.29, 0.717) is 30.6 Å². The summed E-state index contributed by atoms with van der Waals surface area (Å²) in [4.78, 5) is 0. The zero-order valence-electron chi connectivity index (χ0n) is 11.6. The Morgan fingerprint density at radius 3 is 2.62 bits per heavy atom. The van der Waals surface area contributed by atoms with Crippen molar-refractivity contribution in [2.45, 2.75) is 19.4 Å². The molecule has 0 radical (unpaired) electrons. The van der Waals surface area contributed by atoms with Crippen molar-refractivity contribution in [3.63, 3.8) is 0 Å². The van der Waals surface area contributed by atoms with Gasteiger partial charge < -0.3 is 14.6 Å². The summed E-state index contributed by atoms with van der Waals surface area (Å²) in [5.41, 5.74) is 1.84. The minimum atomic E-state index is 0.220. The molecular weight excluding hydrogens is 356 g/mol. The monoisotopic (exact) mass is 370 g/mol. The highest BCUT2D eigenvalue weighted by Crippen LogP contribution is 2.37. The van der Waals surface area contributed by atoms with E-state index in [9.17, 15) is 5.11 Å². The lowest BCUT2D eigenvalue weighted by Gasteiger charge is -2.15. The fourth-order valence-electron chi connectivity index (χ4n) is 1.90. The van der Waals surface area contributed by atoms with E-state index in [2.05, 4.69) is 15.9 Å². The topological polar surface area (TPSA) is 38.7 Å². The van der Waals surface area contributed by atoms with Gasteiger partial charge >= 0.3 is 0 Å². The van der Waals surface area contributed by atoms with Crippen molar-refractivity contribution in [2.75, 3.05) is 6.61 Å². The van der Waals surface area contributed by atoms with Crippen LogP contribution in [0, 0.1) is 0 Å². The Bertz CT molecular complexity index is 616. The summed E-state index contributed by atoms with van der Waals surface area (Å²) in [6, 6.07) is 10.7.